The summed E-state index contributed by atoms with van der Waals surface area (Å²) in [6.45, 7) is 8.11. The second kappa shape index (κ2) is 4.23. The third kappa shape index (κ3) is 1.94. The van der Waals surface area contributed by atoms with E-state index in [0.29, 0.717) is 12.1 Å². The SMILES string of the molecule is CC(=O)c1cccc2c1N(C(C)=O)CCC2(C)C. The molecule has 18 heavy (non-hydrogen) atoms. The second-order valence-electron chi connectivity index (χ2n) is 5.56. The molecular weight excluding hydrogens is 226 g/mol. The maximum absolute atomic E-state index is 11.8. The first-order chi connectivity index (χ1) is 8.34. The molecule has 0 unspecified atom stereocenters. The van der Waals surface area contributed by atoms with Crippen LogP contribution < -0.4 is 4.90 Å². The smallest absolute Gasteiger partial charge is 0.223 e. The minimum atomic E-state index is 0.000417. The lowest BCUT2D eigenvalue weighted by atomic mass is 9.76. The first kappa shape index (κ1) is 12.8. The highest BCUT2D eigenvalue weighted by Gasteiger charge is 2.34. The molecule has 3 nitrogen and oxygen atoms in total. The molecule has 1 aliphatic rings. The molecule has 0 fully saturated rings. The van der Waals surface area contributed by atoms with Crippen molar-refractivity contribution in [2.24, 2.45) is 0 Å². The van der Waals surface area contributed by atoms with Crippen LogP contribution in [0.25, 0.3) is 0 Å². The topological polar surface area (TPSA) is 37.4 Å². The monoisotopic (exact) mass is 245 g/mol. The largest absolute Gasteiger partial charge is 0.312 e. The van der Waals surface area contributed by atoms with E-state index in [1.54, 1.807) is 24.8 Å². The molecule has 96 valence electrons. The molecule has 0 N–H and O–H groups in total. The van der Waals surface area contributed by atoms with Crippen LogP contribution in [0, 0.1) is 0 Å². The standard InChI is InChI=1S/C15H19NO2/c1-10(17)12-6-5-7-13-14(12)16(11(2)18)9-8-15(13,3)4/h5-7H,8-9H2,1-4H3. The van der Waals surface area contributed by atoms with Crippen LogP contribution >= 0.6 is 0 Å². The molecule has 2 rings (SSSR count). The summed E-state index contributed by atoms with van der Waals surface area (Å²) in [5, 5.41) is 0. The Labute approximate surface area is 108 Å². The summed E-state index contributed by atoms with van der Waals surface area (Å²) < 4.78 is 0. The number of hydrogen-bond donors (Lipinski definition) is 0. The van der Waals surface area contributed by atoms with E-state index in [-0.39, 0.29) is 17.1 Å². The third-order valence-corrected chi connectivity index (χ3v) is 3.75. The fourth-order valence-corrected chi connectivity index (χ4v) is 2.62. The molecule has 0 aliphatic carbocycles. The minimum Gasteiger partial charge on any atom is -0.312 e. The molecule has 1 aliphatic heterocycles. The van der Waals surface area contributed by atoms with E-state index in [2.05, 4.69) is 13.8 Å². The molecule has 0 bridgehead atoms. The van der Waals surface area contributed by atoms with Crippen LogP contribution in [0.15, 0.2) is 18.2 Å². The summed E-state index contributed by atoms with van der Waals surface area (Å²) >= 11 is 0. The van der Waals surface area contributed by atoms with Gasteiger partial charge in [0.2, 0.25) is 5.91 Å². The Kier molecular flexibility index (Phi) is 3.01. The third-order valence-electron chi connectivity index (χ3n) is 3.75. The van der Waals surface area contributed by atoms with Gasteiger partial charge in [0.1, 0.15) is 0 Å². The molecule has 1 aromatic rings. The van der Waals surface area contributed by atoms with Crippen LogP contribution in [-0.2, 0) is 10.2 Å². The van der Waals surface area contributed by atoms with E-state index in [4.69, 9.17) is 0 Å². The van der Waals surface area contributed by atoms with Gasteiger partial charge < -0.3 is 4.90 Å². The number of anilines is 1. The molecule has 1 aromatic carbocycles. The van der Waals surface area contributed by atoms with Gasteiger partial charge in [-0.3, -0.25) is 9.59 Å². The minimum absolute atomic E-state index is 0.000417. The van der Waals surface area contributed by atoms with E-state index in [1.807, 2.05) is 12.1 Å². The number of nitrogens with zero attached hydrogens (tertiary/aromatic N) is 1. The molecule has 3 heteroatoms. The van der Waals surface area contributed by atoms with Gasteiger partial charge in [-0.25, -0.2) is 0 Å². The molecule has 0 radical (unpaired) electrons. The normalized spacial score (nSPS) is 17.2. The lowest BCUT2D eigenvalue weighted by Crippen LogP contribution is -2.40. The summed E-state index contributed by atoms with van der Waals surface area (Å²) in [5.41, 5.74) is 2.56. The Morgan fingerprint density at radius 1 is 1.22 bits per heavy atom. The van der Waals surface area contributed by atoms with Crippen molar-refractivity contribution in [3.05, 3.63) is 29.3 Å². The predicted octanol–water partition coefficient (Wildman–Crippen LogP) is 2.92. The zero-order chi connectivity index (χ0) is 13.5. The fraction of sp³-hybridized carbons (Fsp3) is 0.467. The highest BCUT2D eigenvalue weighted by molar-refractivity contribution is 6.05. The van der Waals surface area contributed by atoms with Crippen molar-refractivity contribution in [3.8, 4) is 0 Å². The van der Waals surface area contributed by atoms with Gasteiger partial charge in [-0.2, -0.15) is 0 Å². The van der Waals surface area contributed by atoms with Crippen molar-refractivity contribution >= 4 is 17.4 Å². The number of Topliss-reactive ketones (excluding diaryl/α,β-unsaturated/α-hetero) is 1. The quantitative estimate of drug-likeness (QED) is 0.713. The van der Waals surface area contributed by atoms with Crippen molar-refractivity contribution < 1.29 is 9.59 Å². The van der Waals surface area contributed by atoms with Gasteiger partial charge in [0, 0.05) is 19.0 Å². The number of ketones is 1. The van der Waals surface area contributed by atoms with E-state index in [1.165, 1.54) is 0 Å². The maximum Gasteiger partial charge on any atom is 0.223 e. The van der Waals surface area contributed by atoms with Crippen molar-refractivity contribution in [2.45, 2.75) is 39.5 Å². The van der Waals surface area contributed by atoms with Crippen molar-refractivity contribution in [1.29, 1.82) is 0 Å². The van der Waals surface area contributed by atoms with Crippen LogP contribution in [0.4, 0.5) is 5.69 Å². The molecular formula is C15H19NO2. The number of para-hydroxylation sites is 1. The Morgan fingerprint density at radius 2 is 1.89 bits per heavy atom. The highest BCUT2D eigenvalue weighted by Crippen LogP contribution is 2.41. The highest BCUT2D eigenvalue weighted by atomic mass is 16.2. The first-order valence-electron chi connectivity index (χ1n) is 6.27. The summed E-state index contributed by atoms with van der Waals surface area (Å²) in [7, 11) is 0. The first-order valence-corrected chi connectivity index (χ1v) is 6.27. The number of fused-ring (bicyclic) bond motifs is 1. The van der Waals surface area contributed by atoms with Crippen LogP contribution in [0.3, 0.4) is 0 Å². The van der Waals surface area contributed by atoms with E-state index in [9.17, 15) is 9.59 Å². The number of amides is 1. The number of carbonyl (C=O) groups excluding carboxylic acids is 2. The average molecular weight is 245 g/mol. The molecule has 0 atom stereocenters. The van der Waals surface area contributed by atoms with Gasteiger partial charge in [0.25, 0.3) is 0 Å². The number of benzene rings is 1. The lowest BCUT2D eigenvalue weighted by Gasteiger charge is -2.39. The van der Waals surface area contributed by atoms with Crippen LogP contribution in [0.1, 0.15) is 50.0 Å². The lowest BCUT2D eigenvalue weighted by molar-refractivity contribution is -0.116. The molecule has 0 aromatic heterocycles. The molecule has 0 saturated heterocycles. The molecule has 1 heterocycles. The van der Waals surface area contributed by atoms with Gasteiger partial charge in [0.15, 0.2) is 5.78 Å². The Bertz CT molecular complexity index is 517. The van der Waals surface area contributed by atoms with Crippen molar-refractivity contribution in [1.82, 2.24) is 0 Å². The number of rotatable bonds is 1. The fourth-order valence-electron chi connectivity index (χ4n) is 2.62. The summed E-state index contributed by atoms with van der Waals surface area (Å²) in [6.07, 6.45) is 0.918. The van der Waals surface area contributed by atoms with Crippen molar-refractivity contribution in [3.63, 3.8) is 0 Å². The summed E-state index contributed by atoms with van der Waals surface area (Å²) in [5.74, 6) is 0.0104. The Hall–Kier alpha value is -1.64. The molecule has 1 amide bonds. The van der Waals surface area contributed by atoms with E-state index in [0.717, 1.165) is 17.7 Å². The van der Waals surface area contributed by atoms with Gasteiger partial charge in [-0.05, 0) is 30.4 Å². The van der Waals surface area contributed by atoms with Gasteiger partial charge in [-0.15, -0.1) is 0 Å². The van der Waals surface area contributed by atoms with Gasteiger partial charge in [-0.1, -0.05) is 26.0 Å². The van der Waals surface area contributed by atoms with Gasteiger partial charge in [0.05, 0.1) is 5.69 Å². The van der Waals surface area contributed by atoms with Crippen LogP contribution in [0.5, 0.6) is 0 Å². The van der Waals surface area contributed by atoms with E-state index >= 15 is 0 Å². The van der Waals surface area contributed by atoms with Gasteiger partial charge >= 0.3 is 0 Å². The summed E-state index contributed by atoms with van der Waals surface area (Å²) in [6, 6.07) is 5.73. The molecule has 0 saturated carbocycles. The summed E-state index contributed by atoms with van der Waals surface area (Å²) in [4.78, 5) is 25.3. The van der Waals surface area contributed by atoms with Crippen molar-refractivity contribution in [2.75, 3.05) is 11.4 Å². The molecule has 0 spiro atoms. The zero-order valence-corrected chi connectivity index (χ0v) is 11.4. The zero-order valence-electron chi connectivity index (χ0n) is 11.4. The Balaban J connectivity index is 2.71. The maximum atomic E-state index is 11.8. The number of carbonyl (C=O) groups is 2. The Morgan fingerprint density at radius 3 is 2.44 bits per heavy atom. The number of hydrogen-bond acceptors (Lipinski definition) is 2. The average Bonchev–Trinajstić information content (AvgIpc) is 2.27. The van der Waals surface area contributed by atoms with Crippen LogP contribution in [-0.4, -0.2) is 18.2 Å². The van der Waals surface area contributed by atoms with E-state index < -0.39 is 0 Å². The van der Waals surface area contributed by atoms with Crippen LogP contribution in [0.2, 0.25) is 0 Å². The second-order valence-corrected chi connectivity index (χ2v) is 5.56. The predicted molar refractivity (Wildman–Crippen MR) is 72.1 cm³/mol.